The summed E-state index contributed by atoms with van der Waals surface area (Å²) in [5, 5.41) is 3.82. The molecular weight excluding hydrogens is 267 g/mol. The van der Waals surface area contributed by atoms with Crippen LogP contribution in [-0.2, 0) is 0 Å². The van der Waals surface area contributed by atoms with Crippen LogP contribution in [0.2, 0.25) is 0 Å². The number of anilines is 1. The summed E-state index contributed by atoms with van der Waals surface area (Å²) < 4.78 is 13.5. The van der Waals surface area contributed by atoms with Crippen molar-refractivity contribution in [1.29, 1.82) is 0 Å². The van der Waals surface area contributed by atoms with Crippen LogP contribution in [0.15, 0.2) is 24.3 Å². The summed E-state index contributed by atoms with van der Waals surface area (Å²) in [4.78, 5) is 1.98. The average Bonchev–Trinajstić information content (AvgIpc) is 2.37. The summed E-state index contributed by atoms with van der Waals surface area (Å²) in [7, 11) is 1.94. The minimum atomic E-state index is -0.288. The van der Waals surface area contributed by atoms with Crippen LogP contribution < -0.4 is 5.32 Å². The smallest absolute Gasteiger partial charge is 0.174 e. The number of para-hydroxylation sites is 1. The fraction of sp³-hybridized carbons (Fsp3) is 0.462. The molecule has 0 saturated heterocycles. The Balaban J connectivity index is 2.67. The number of nitrogens with one attached hydrogen (secondary N) is 1. The summed E-state index contributed by atoms with van der Waals surface area (Å²) in [6.45, 7) is 4.24. The van der Waals surface area contributed by atoms with Gasteiger partial charge >= 0.3 is 0 Å². The van der Waals surface area contributed by atoms with Gasteiger partial charge in [-0.3, -0.25) is 0 Å². The SMILES string of the molecule is CCSC(CC)N(C)C(=S)Nc1ccccc1F. The molecule has 0 heterocycles. The minimum Gasteiger partial charge on any atom is -0.340 e. The largest absolute Gasteiger partial charge is 0.340 e. The second-order valence-corrected chi connectivity index (χ2v) is 5.68. The number of hydrogen-bond acceptors (Lipinski definition) is 2. The Morgan fingerprint density at radius 1 is 1.44 bits per heavy atom. The Morgan fingerprint density at radius 2 is 2.11 bits per heavy atom. The lowest BCUT2D eigenvalue weighted by Gasteiger charge is -2.29. The molecule has 0 saturated carbocycles. The highest BCUT2D eigenvalue weighted by molar-refractivity contribution is 7.99. The Hall–Kier alpha value is -0.810. The van der Waals surface area contributed by atoms with Crippen LogP contribution in [-0.4, -0.2) is 28.2 Å². The molecule has 0 fully saturated rings. The predicted molar refractivity (Wildman–Crippen MR) is 82.6 cm³/mol. The summed E-state index contributed by atoms with van der Waals surface area (Å²) in [6, 6.07) is 6.55. The number of halogens is 1. The van der Waals surface area contributed by atoms with E-state index in [-0.39, 0.29) is 5.82 Å². The molecule has 0 aliphatic carbocycles. The molecule has 0 aliphatic heterocycles. The average molecular weight is 286 g/mol. The van der Waals surface area contributed by atoms with E-state index in [9.17, 15) is 4.39 Å². The molecule has 0 aromatic heterocycles. The lowest BCUT2D eigenvalue weighted by Crippen LogP contribution is -2.37. The Labute approximate surface area is 118 Å². The molecule has 1 N–H and O–H groups in total. The van der Waals surface area contributed by atoms with Gasteiger partial charge in [0.25, 0.3) is 0 Å². The standard InChI is InChI=1S/C13H19FN2S2/c1-4-12(18-5-2)16(3)13(17)15-11-9-7-6-8-10(11)14/h6-9,12H,4-5H2,1-3H3,(H,15,17). The second kappa shape index (κ2) is 7.59. The van der Waals surface area contributed by atoms with E-state index in [0.717, 1.165) is 12.2 Å². The maximum absolute atomic E-state index is 13.5. The normalized spacial score (nSPS) is 12.0. The molecule has 1 atom stereocenters. The van der Waals surface area contributed by atoms with Crippen molar-refractivity contribution in [1.82, 2.24) is 4.90 Å². The van der Waals surface area contributed by atoms with E-state index in [0.29, 0.717) is 16.2 Å². The predicted octanol–water partition coefficient (Wildman–Crippen LogP) is 3.94. The van der Waals surface area contributed by atoms with Gasteiger partial charge in [0, 0.05) is 7.05 Å². The molecule has 18 heavy (non-hydrogen) atoms. The molecule has 0 amide bonds. The van der Waals surface area contributed by atoms with E-state index in [2.05, 4.69) is 19.2 Å². The maximum Gasteiger partial charge on any atom is 0.174 e. The molecular formula is C13H19FN2S2. The zero-order valence-corrected chi connectivity index (χ0v) is 12.6. The second-order valence-electron chi connectivity index (χ2n) is 3.84. The molecule has 1 aromatic carbocycles. The van der Waals surface area contributed by atoms with Gasteiger partial charge in [0.15, 0.2) is 5.11 Å². The fourth-order valence-electron chi connectivity index (χ4n) is 1.59. The van der Waals surface area contributed by atoms with Gasteiger partial charge in [-0.2, -0.15) is 0 Å². The van der Waals surface area contributed by atoms with Gasteiger partial charge in [0.05, 0.1) is 11.1 Å². The van der Waals surface area contributed by atoms with E-state index < -0.39 is 0 Å². The molecule has 1 unspecified atom stereocenters. The third-order valence-electron chi connectivity index (χ3n) is 2.58. The molecule has 100 valence electrons. The highest BCUT2D eigenvalue weighted by Gasteiger charge is 2.15. The number of thioether (sulfide) groups is 1. The van der Waals surface area contributed by atoms with Gasteiger partial charge in [-0.05, 0) is 36.5 Å². The summed E-state index contributed by atoms with van der Waals surface area (Å²) in [5.74, 6) is 0.745. The van der Waals surface area contributed by atoms with E-state index in [1.165, 1.54) is 6.07 Å². The van der Waals surface area contributed by atoms with Crippen molar-refractivity contribution in [2.75, 3.05) is 18.1 Å². The molecule has 5 heteroatoms. The van der Waals surface area contributed by atoms with E-state index in [4.69, 9.17) is 12.2 Å². The Bertz CT molecular complexity index is 398. The fourth-order valence-corrected chi connectivity index (χ4v) is 2.85. The van der Waals surface area contributed by atoms with Crippen LogP contribution in [0, 0.1) is 5.82 Å². The monoisotopic (exact) mass is 286 g/mol. The summed E-state index contributed by atoms with van der Waals surface area (Å²) in [6.07, 6.45) is 0.994. The van der Waals surface area contributed by atoms with Crippen molar-refractivity contribution in [3.05, 3.63) is 30.1 Å². The molecule has 2 nitrogen and oxygen atoms in total. The van der Waals surface area contributed by atoms with Crippen LogP contribution in [0.25, 0.3) is 0 Å². The first-order chi connectivity index (χ1) is 8.60. The first-order valence-corrected chi connectivity index (χ1v) is 7.45. The van der Waals surface area contributed by atoms with Crippen LogP contribution >= 0.6 is 24.0 Å². The molecule has 0 aliphatic rings. The molecule has 1 aromatic rings. The van der Waals surface area contributed by atoms with Gasteiger partial charge in [-0.1, -0.05) is 26.0 Å². The first kappa shape index (κ1) is 15.2. The molecule has 0 spiro atoms. The number of hydrogen-bond donors (Lipinski definition) is 1. The van der Waals surface area contributed by atoms with Gasteiger partial charge in [-0.15, -0.1) is 11.8 Å². The van der Waals surface area contributed by atoms with E-state index in [1.54, 1.807) is 18.2 Å². The highest BCUT2D eigenvalue weighted by Crippen LogP contribution is 2.19. The topological polar surface area (TPSA) is 15.3 Å². The number of rotatable bonds is 5. The van der Waals surface area contributed by atoms with Crippen molar-refractivity contribution in [3.8, 4) is 0 Å². The van der Waals surface area contributed by atoms with Crippen molar-refractivity contribution in [2.45, 2.75) is 25.6 Å². The first-order valence-electron chi connectivity index (χ1n) is 6.00. The summed E-state index contributed by atoms with van der Waals surface area (Å²) in [5.41, 5.74) is 0.422. The number of benzene rings is 1. The highest BCUT2D eigenvalue weighted by atomic mass is 32.2. The van der Waals surface area contributed by atoms with Gasteiger partial charge in [0.2, 0.25) is 0 Å². The van der Waals surface area contributed by atoms with Gasteiger partial charge in [0.1, 0.15) is 5.82 Å². The third kappa shape index (κ3) is 4.14. The van der Waals surface area contributed by atoms with E-state index >= 15 is 0 Å². The maximum atomic E-state index is 13.5. The zero-order chi connectivity index (χ0) is 13.5. The van der Waals surface area contributed by atoms with Crippen molar-refractivity contribution < 1.29 is 4.39 Å². The number of thiocarbonyl (C=S) groups is 1. The van der Waals surface area contributed by atoms with Crippen molar-refractivity contribution >= 4 is 34.8 Å². The van der Waals surface area contributed by atoms with Crippen LogP contribution in [0.3, 0.4) is 0 Å². The lowest BCUT2D eigenvalue weighted by molar-refractivity contribution is 0.469. The quantitative estimate of drug-likeness (QED) is 0.651. The van der Waals surface area contributed by atoms with Crippen LogP contribution in [0.5, 0.6) is 0 Å². The number of nitrogens with zero attached hydrogens (tertiary/aromatic N) is 1. The summed E-state index contributed by atoms with van der Waals surface area (Å²) >= 11 is 7.14. The Kier molecular flexibility index (Phi) is 6.43. The van der Waals surface area contributed by atoms with E-state index in [1.807, 2.05) is 23.7 Å². The van der Waals surface area contributed by atoms with Crippen molar-refractivity contribution in [3.63, 3.8) is 0 Å². The molecule has 0 radical (unpaired) electrons. The van der Waals surface area contributed by atoms with Gasteiger partial charge < -0.3 is 10.2 Å². The van der Waals surface area contributed by atoms with Crippen LogP contribution in [0.1, 0.15) is 20.3 Å². The van der Waals surface area contributed by atoms with Crippen molar-refractivity contribution in [2.24, 2.45) is 0 Å². The zero-order valence-electron chi connectivity index (χ0n) is 10.9. The minimum absolute atomic E-state index is 0.288. The molecule has 1 rings (SSSR count). The third-order valence-corrected chi connectivity index (χ3v) is 4.33. The Morgan fingerprint density at radius 3 is 2.67 bits per heavy atom. The van der Waals surface area contributed by atoms with Crippen LogP contribution in [0.4, 0.5) is 10.1 Å². The lowest BCUT2D eigenvalue weighted by atomic mass is 10.3. The molecule has 0 bridgehead atoms. The van der Waals surface area contributed by atoms with Gasteiger partial charge in [-0.25, -0.2) is 4.39 Å².